The van der Waals surface area contributed by atoms with Gasteiger partial charge in [-0.3, -0.25) is 4.98 Å². The smallest absolute Gasteiger partial charge is 0.343 e. The van der Waals surface area contributed by atoms with Crippen LogP contribution < -0.4 is 0 Å². The average molecular weight is 345 g/mol. The number of aromatic nitrogens is 1. The molecule has 5 heteroatoms. The summed E-state index contributed by atoms with van der Waals surface area (Å²) in [6, 6.07) is 7.76. The van der Waals surface area contributed by atoms with Gasteiger partial charge in [0, 0.05) is 11.8 Å². The molecule has 0 unspecified atom stereocenters. The van der Waals surface area contributed by atoms with E-state index >= 15 is 0 Å². The van der Waals surface area contributed by atoms with E-state index in [1.807, 2.05) is 0 Å². The second kappa shape index (κ2) is 8.60. The van der Waals surface area contributed by atoms with E-state index in [-0.39, 0.29) is 23.7 Å². The maximum absolute atomic E-state index is 13.0. The van der Waals surface area contributed by atoms with Crippen molar-refractivity contribution in [1.82, 2.24) is 4.98 Å². The Labute approximate surface area is 147 Å². The van der Waals surface area contributed by atoms with Crippen LogP contribution in [0.4, 0.5) is 4.39 Å². The van der Waals surface area contributed by atoms with Crippen LogP contribution in [0.5, 0.6) is 5.75 Å². The lowest BCUT2D eigenvalue weighted by Gasteiger charge is -2.13. The molecule has 0 saturated carbocycles. The predicted octanol–water partition coefficient (Wildman–Crippen LogP) is 4.09. The topological polar surface area (TPSA) is 59.4 Å². The second-order valence-electron chi connectivity index (χ2n) is 6.40. The molecule has 0 spiro atoms. The molecule has 2 rings (SSSR count). The summed E-state index contributed by atoms with van der Waals surface area (Å²) in [5.74, 6) is -0.577. The minimum absolute atomic E-state index is 0.0989. The fraction of sp³-hybridized carbons (Fsp3) is 0.400. The highest BCUT2D eigenvalue weighted by molar-refractivity contribution is 5.93. The molecule has 2 aromatic rings. The minimum atomic E-state index is -0.572. The second-order valence-corrected chi connectivity index (χ2v) is 6.40. The number of carbonyl (C=O) groups excluding carboxylic acids is 1. The van der Waals surface area contributed by atoms with Crippen molar-refractivity contribution in [1.29, 1.82) is 0 Å². The van der Waals surface area contributed by atoms with Crippen LogP contribution in [0.3, 0.4) is 0 Å². The van der Waals surface area contributed by atoms with Crippen molar-refractivity contribution in [2.45, 2.75) is 40.0 Å². The molecule has 1 N–H and O–H groups in total. The molecule has 0 radical (unpaired) electrons. The van der Waals surface area contributed by atoms with Crippen molar-refractivity contribution in [3.05, 3.63) is 58.7 Å². The van der Waals surface area contributed by atoms with E-state index < -0.39 is 5.97 Å². The first-order chi connectivity index (χ1) is 11.9. The van der Waals surface area contributed by atoms with Crippen molar-refractivity contribution in [2.24, 2.45) is 5.92 Å². The van der Waals surface area contributed by atoms with E-state index in [9.17, 15) is 14.3 Å². The van der Waals surface area contributed by atoms with Gasteiger partial charge in [-0.25, -0.2) is 9.18 Å². The number of ether oxygens (including phenoxy) is 1. The van der Waals surface area contributed by atoms with Crippen LogP contribution in [0.15, 0.2) is 30.3 Å². The molecule has 25 heavy (non-hydrogen) atoms. The van der Waals surface area contributed by atoms with Gasteiger partial charge in [0.1, 0.15) is 17.1 Å². The van der Waals surface area contributed by atoms with E-state index in [0.29, 0.717) is 30.9 Å². The number of hydrogen-bond acceptors (Lipinski definition) is 4. The number of aromatic hydroxyl groups is 1. The zero-order valence-corrected chi connectivity index (χ0v) is 14.9. The number of carbonyl (C=O) groups is 1. The zero-order valence-electron chi connectivity index (χ0n) is 14.9. The molecule has 1 aromatic heterocycles. The highest BCUT2D eigenvalue weighted by atomic mass is 19.1. The average Bonchev–Trinajstić information content (AvgIpc) is 2.53. The Morgan fingerprint density at radius 1 is 1.24 bits per heavy atom. The summed E-state index contributed by atoms with van der Waals surface area (Å²) in [5, 5.41) is 10.3. The van der Waals surface area contributed by atoms with Crippen LogP contribution in [0.1, 0.15) is 48.1 Å². The SMILES string of the molecule is CCOC(=O)c1c(O)cc(CC(C)C)nc1CCc1ccc(F)cc1. The quantitative estimate of drug-likeness (QED) is 0.768. The molecule has 0 saturated heterocycles. The van der Waals surface area contributed by atoms with Gasteiger partial charge in [0.15, 0.2) is 0 Å². The van der Waals surface area contributed by atoms with Gasteiger partial charge in [-0.05, 0) is 49.8 Å². The molecular formula is C20H24FNO3. The third-order valence-electron chi connectivity index (χ3n) is 3.79. The highest BCUT2D eigenvalue weighted by Gasteiger charge is 2.20. The molecule has 0 fully saturated rings. The van der Waals surface area contributed by atoms with E-state index in [0.717, 1.165) is 11.3 Å². The summed E-state index contributed by atoms with van der Waals surface area (Å²) in [4.78, 5) is 16.8. The maximum Gasteiger partial charge on any atom is 0.343 e. The van der Waals surface area contributed by atoms with Gasteiger partial charge in [0.05, 0.1) is 12.3 Å². The molecule has 1 heterocycles. The number of halogens is 1. The van der Waals surface area contributed by atoms with Gasteiger partial charge in [-0.15, -0.1) is 0 Å². The largest absolute Gasteiger partial charge is 0.507 e. The Morgan fingerprint density at radius 2 is 1.92 bits per heavy atom. The predicted molar refractivity (Wildman–Crippen MR) is 94.2 cm³/mol. The van der Waals surface area contributed by atoms with Crippen LogP contribution in [0.2, 0.25) is 0 Å². The van der Waals surface area contributed by atoms with E-state index in [1.165, 1.54) is 18.2 Å². The molecule has 134 valence electrons. The summed E-state index contributed by atoms with van der Waals surface area (Å²) in [6.45, 7) is 6.07. The van der Waals surface area contributed by atoms with Gasteiger partial charge in [0.25, 0.3) is 0 Å². The molecule has 0 bridgehead atoms. The Kier molecular flexibility index (Phi) is 6.51. The Morgan fingerprint density at radius 3 is 2.52 bits per heavy atom. The molecule has 0 aliphatic rings. The van der Waals surface area contributed by atoms with Crippen LogP contribution in [-0.2, 0) is 24.0 Å². The lowest BCUT2D eigenvalue weighted by atomic mass is 10.0. The molecule has 1 aromatic carbocycles. The Hall–Kier alpha value is -2.43. The maximum atomic E-state index is 13.0. The zero-order chi connectivity index (χ0) is 18.4. The first-order valence-electron chi connectivity index (χ1n) is 8.54. The monoisotopic (exact) mass is 345 g/mol. The fourth-order valence-corrected chi connectivity index (χ4v) is 2.68. The van der Waals surface area contributed by atoms with Gasteiger partial charge in [0.2, 0.25) is 0 Å². The lowest BCUT2D eigenvalue weighted by molar-refractivity contribution is 0.0521. The molecule has 0 amide bonds. The molecular weight excluding hydrogens is 321 g/mol. The Balaban J connectivity index is 2.31. The van der Waals surface area contributed by atoms with Gasteiger partial charge >= 0.3 is 5.97 Å². The van der Waals surface area contributed by atoms with Crippen molar-refractivity contribution in [3.63, 3.8) is 0 Å². The first kappa shape index (κ1) is 18.9. The van der Waals surface area contributed by atoms with E-state index in [2.05, 4.69) is 18.8 Å². The van der Waals surface area contributed by atoms with Crippen LogP contribution in [0, 0.1) is 11.7 Å². The summed E-state index contributed by atoms with van der Waals surface area (Å²) in [5.41, 5.74) is 2.32. The van der Waals surface area contributed by atoms with Crippen LogP contribution >= 0.6 is 0 Å². The summed E-state index contributed by atoms with van der Waals surface area (Å²) in [6.07, 6.45) is 1.75. The van der Waals surface area contributed by atoms with Crippen LogP contribution in [-0.4, -0.2) is 22.7 Å². The number of pyridine rings is 1. The number of hydrogen-bond donors (Lipinski definition) is 1. The van der Waals surface area contributed by atoms with Crippen LogP contribution in [0.25, 0.3) is 0 Å². The van der Waals surface area contributed by atoms with E-state index in [4.69, 9.17) is 4.74 Å². The summed E-state index contributed by atoms with van der Waals surface area (Å²) in [7, 11) is 0. The van der Waals surface area contributed by atoms with Gasteiger partial charge < -0.3 is 9.84 Å². The molecule has 0 atom stereocenters. The molecule has 4 nitrogen and oxygen atoms in total. The third-order valence-corrected chi connectivity index (χ3v) is 3.79. The van der Waals surface area contributed by atoms with Gasteiger partial charge in [-0.1, -0.05) is 26.0 Å². The molecule has 0 aliphatic carbocycles. The number of rotatable bonds is 7. The lowest BCUT2D eigenvalue weighted by Crippen LogP contribution is -2.13. The van der Waals surface area contributed by atoms with Crippen molar-refractivity contribution in [2.75, 3.05) is 6.61 Å². The fourth-order valence-electron chi connectivity index (χ4n) is 2.68. The number of benzene rings is 1. The Bertz CT molecular complexity index is 726. The third kappa shape index (κ3) is 5.28. The number of aryl methyl sites for hydroxylation is 2. The summed E-state index contributed by atoms with van der Waals surface area (Å²) < 4.78 is 18.1. The van der Waals surface area contributed by atoms with Crippen molar-refractivity contribution < 1.29 is 19.0 Å². The molecule has 0 aliphatic heterocycles. The first-order valence-corrected chi connectivity index (χ1v) is 8.54. The summed E-state index contributed by atoms with van der Waals surface area (Å²) >= 11 is 0. The number of esters is 1. The number of nitrogens with zero attached hydrogens (tertiary/aromatic N) is 1. The normalized spacial score (nSPS) is 10.9. The highest BCUT2D eigenvalue weighted by Crippen LogP contribution is 2.25. The van der Waals surface area contributed by atoms with Crippen molar-refractivity contribution in [3.8, 4) is 5.75 Å². The van der Waals surface area contributed by atoms with Gasteiger partial charge in [-0.2, -0.15) is 0 Å². The van der Waals surface area contributed by atoms with Crippen molar-refractivity contribution >= 4 is 5.97 Å². The standard InChI is InChI=1S/C20H24FNO3/c1-4-25-20(24)19-17(10-7-14-5-8-15(21)9-6-14)22-16(11-13(2)3)12-18(19)23/h5-6,8-9,12-13H,4,7,10-11H2,1-3H3,(H,22,23). The minimum Gasteiger partial charge on any atom is -0.507 e. The van der Waals surface area contributed by atoms with E-state index in [1.54, 1.807) is 19.1 Å².